The lowest BCUT2D eigenvalue weighted by molar-refractivity contribution is 0.0970. The van der Waals surface area contributed by atoms with E-state index in [1.807, 2.05) is 0 Å². The molecule has 164 valence electrons. The molecule has 0 amide bonds. The molecule has 0 unspecified atom stereocenters. The molecule has 5 heteroatoms. The predicted molar refractivity (Wildman–Crippen MR) is 129 cm³/mol. The minimum Gasteiger partial charge on any atom is -0.317 e. The molecule has 2 aliphatic heterocycles. The third-order valence-electron chi connectivity index (χ3n) is 6.33. The number of carbonyl (C=O) groups excluding carboxylic acids is 1. The Morgan fingerprint density at radius 2 is 1.77 bits per heavy atom. The molecule has 0 saturated carbocycles. The number of hydrogen-bond donors (Lipinski definition) is 1. The van der Waals surface area contributed by atoms with Gasteiger partial charge in [-0.05, 0) is 80.4 Å². The first-order valence-electron chi connectivity index (χ1n) is 10.9. The van der Waals surface area contributed by atoms with Crippen LogP contribution in [0.4, 0.5) is 0 Å². The number of ketones is 1. The summed E-state index contributed by atoms with van der Waals surface area (Å²) in [7, 11) is 0. The summed E-state index contributed by atoms with van der Waals surface area (Å²) in [5.74, 6) is 1.03. The molecule has 2 aromatic carbocycles. The molecule has 4 rings (SSSR count). The number of hydrogen-bond acceptors (Lipinski definition) is 3. The lowest BCUT2D eigenvalue weighted by atomic mass is 9.90. The third-order valence-corrected chi connectivity index (χ3v) is 6.33. The maximum absolute atomic E-state index is 12.8. The molecule has 0 atom stereocenters. The van der Waals surface area contributed by atoms with Crippen LogP contribution in [0, 0.1) is 5.92 Å². The summed E-state index contributed by atoms with van der Waals surface area (Å²) in [5.41, 5.74) is 5.04. The number of halogens is 2. The summed E-state index contributed by atoms with van der Waals surface area (Å²) in [6.45, 7) is 5.25. The van der Waals surface area contributed by atoms with Gasteiger partial charge in [0, 0.05) is 25.1 Å². The SMILES string of the molecule is Cl.Cl.O=C(CCC1CCNCC1)c1ccc2c(c1)CN(Cc1ccccc1)CCC2. The van der Waals surface area contributed by atoms with Crippen molar-refractivity contribution in [1.29, 1.82) is 0 Å². The minimum absolute atomic E-state index is 0. The van der Waals surface area contributed by atoms with E-state index in [-0.39, 0.29) is 24.8 Å². The van der Waals surface area contributed by atoms with Gasteiger partial charge in [-0.25, -0.2) is 0 Å². The second-order valence-corrected chi connectivity index (χ2v) is 8.44. The van der Waals surface area contributed by atoms with Crippen LogP contribution in [0.25, 0.3) is 0 Å². The second-order valence-electron chi connectivity index (χ2n) is 8.44. The number of Topliss-reactive ketones (excluding diaryl/α,β-unsaturated/α-hetero) is 1. The predicted octanol–water partition coefficient (Wildman–Crippen LogP) is 5.44. The molecule has 1 N–H and O–H groups in total. The monoisotopic (exact) mass is 448 g/mol. The van der Waals surface area contributed by atoms with Crippen molar-refractivity contribution in [2.75, 3.05) is 19.6 Å². The van der Waals surface area contributed by atoms with Crippen LogP contribution in [0.15, 0.2) is 48.5 Å². The van der Waals surface area contributed by atoms with Gasteiger partial charge in [-0.2, -0.15) is 0 Å². The maximum atomic E-state index is 12.8. The molecule has 1 fully saturated rings. The Bertz CT molecular complexity index is 791. The number of nitrogens with zero attached hydrogens (tertiary/aromatic N) is 1. The van der Waals surface area contributed by atoms with E-state index >= 15 is 0 Å². The average Bonchev–Trinajstić information content (AvgIpc) is 2.94. The molecule has 0 radical (unpaired) electrons. The van der Waals surface area contributed by atoms with E-state index in [2.05, 4.69) is 58.7 Å². The Labute approximate surface area is 193 Å². The van der Waals surface area contributed by atoms with Crippen LogP contribution in [0.3, 0.4) is 0 Å². The van der Waals surface area contributed by atoms with Crippen molar-refractivity contribution < 1.29 is 4.79 Å². The van der Waals surface area contributed by atoms with Gasteiger partial charge in [-0.15, -0.1) is 24.8 Å². The smallest absolute Gasteiger partial charge is 0.162 e. The molecule has 0 aliphatic carbocycles. The highest BCUT2D eigenvalue weighted by Crippen LogP contribution is 2.24. The number of carbonyl (C=O) groups is 1. The van der Waals surface area contributed by atoms with E-state index in [0.29, 0.717) is 18.1 Å². The van der Waals surface area contributed by atoms with Gasteiger partial charge < -0.3 is 5.32 Å². The van der Waals surface area contributed by atoms with Crippen molar-refractivity contribution in [2.45, 2.75) is 51.6 Å². The van der Waals surface area contributed by atoms with Crippen LogP contribution < -0.4 is 5.32 Å². The lowest BCUT2D eigenvalue weighted by Crippen LogP contribution is -2.28. The highest BCUT2D eigenvalue weighted by Gasteiger charge is 2.18. The Kier molecular flexibility index (Phi) is 10.3. The van der Waals surface area contributed by atoms with Crippen LogP contribution in [-0.4, -0.2) is 30.3 Å². The molecule has 2 aromatic rings. The molecule has 1 saturated heterocycles. The minimum atomic E-state index is 0. The molecule has 0 bridgehead atoms. The fourth-order valence-corrected chi connectivity index (χ4v) is 4.63. The quantitative estimate of drug-likeness (QED) is 0.596. The van der Waals surface area contributed by atoms with Crippen LogP contribution in [-0.2, 0) is 19.5 Å². The van der Waals surface area contributed by atoms with Crippen molar-refractivity contribution >= 4 is 30.6 Å². The number of nitrogens with one attached hydrogen (secondary N) is 1. The molecule has 0 aromatic heterocycles. The van der Waals surface area contributed by atoms with Gasteiger partial charge in [0.25, 0.3) is 0 Å². The van der Waals surface area contributed by atoms with Crippen LogP contribution in [0.1, 0.15) is 59.2 Å². The first-order chi connectivity index (χ1) is 13.8. The third kappa shape index (κ3) is 6.81. The van der Waals surface area contributed by atoms with Gasteiger partial charge in [0.1, 0.15) is 0 Å². The van der Waals surface area contributed by atoms with Gasteiger partial charge in [-0.1, -0.05) is 42.5 Å². The summed E-state index contributed by atoms with van der Waals surface area (Å²) in [5, 5.41) is 3.41. The summed E-state index contributed by atoms with van der Waals surface area (Å²) >= 11 is 0. The van der Waals surface area contributed by atoms with Gasteiger partial charge in [0.2, 0.25) is 0 Å². The van der Waals surface area contributed by atoms with Crippen molar-refractivity contribution in [3.8, 4) is 0 Å². The van der Waals surface area contributed by atoms with E-state index < -0.39 is 0 Å². The average molecular weight is 449 g/mol. The van der Waals surface area contributed by atoms with Crippen molar-refractivity contribution in [1.82, 2.24) is 10.2 Å². The number of benzene rings is 2. The molecular formula is C25H34Cl2N2O. The molecule has 2 aliphatic rings. The van der Waals surface area contributed by atoms with Crippen molar-refractivity contribution in [3.05, 3.63) is 70.8 Å². The van der Waals surface area contributed by atoms with Crippen LogP contribution in [0.2, 0.25) is 0 Å². The summed E-state index contributed by atoms with van der Waals surface area (Å²) < 4.78 is 0. The van der Waals surface area contributed by atoms with E-state index in [1.165, 1.54) is 36.0 Å². The molecule has 2 heterocycles. The standard InChI is InChI=1S/C25H32N2O.2ClH/c28-25(11-8-20-12-14-26-15-13-20)23-10-9-22-7-4-16-27(19-24(22)17-23)18-21-5-2-1-3-6-21;;/h1-3,5-6,9-10,17,20,26H,4,7-8,11-16,18-19H2;2*1H. The molecule has 30 heavy (non-hydrogen) atoms. The largest absolute Gasteiger partial charge is 0.317 e. The summed E-state index contributed by atoms with van der Waals surface area (Å²) in [6.07, 6.45) is 6.46. The maximum Gasteiger partial charge on any atom is 0.162 e. The zero-order chi connectivity index (χ0) is 19.2. The zero-order valence-corrected chi connectivity index (χ0v) is 19.3. The van der Waals surface area contributed by atoms with Crippen LogP contribution >= 0.6 is 24.8 Å². The number of piperidine rings is 1. The Morgan fingerprint density at radius 1 is 1.00 bits per heavy atom. The second kappa shape index (κ2) is 12.5. The van der Waals surface area contributed by atoms with Crippen LogP contribution in [0.5, 0.6) is 0 Å². The first-order valence-corrected chi connectivity index (χ1v) is 10.9. The van der Waals surface area contributed by atoms with E-state index in [1.54, 1.807) is 0 Å². The highest BCUT2D eigenvalue weighted by molar-refractivity contribution is 5.96. The number of aryl methyl sites for hydroxylation is 1. The Balaban J connectivity index is 0.00000160. The zero-order valence-electron chi connectivity index (χ0n) is 17.6. The molecule has 3 nitrogen and oxygen atoms in total. The number of rotatable bonds is 6. The number of fused-ring (bicyclic) bond motifs is 1. The van der Waals surface area contributed by atoms with E-state index in [9.17, 15) is 4.79 Å². The Morgan fingerprint density at radius 3 is 2.53 bits per heavy atom. The summed E-state index contributed by atoms with van der Waals surface area (Å²) in [6, 6.07) is 17.2. The van der Waals surface area contributed by atoms with Gasteiger partial charge in [0.05, 0.1) is 0 Å². The van der Waals surface area contributed by atoms with Crippen molar-refractivity contribution in [2.24, 2.45) is 5.92 Å². The summed E-state index contributed by atoms with van der Waals surface area (Å²) in [4.78, 5) is 15.3. The van der Waals surface area contributed by atoms with Gasteiger partial charge >= 0.3 is 0 Å². The van der Waals surface area contributed by atoms with Gasteiger partial charge in [0.15, 0.2) is 5.78 Å². The van der Waals surface area contributed by atoms with Gasteiger partial charge in [-0.3, -0.25) is 9.69 Å². The topological polar surface area (TPSA) is 32.3 Å². The van der Waals surface area contributed by atoms with Crippen molar-refractivity contribution in [3.63, 3.8) is 0 Å². The lowest BCUT2D eigenvalue weighted by Gasteiger charge is -2.22. The first kappa shape index (κ1) is 24.9. The molecular weight excluding hydrogens is 415 g/mol. The van der Waals surface area contributed by atoms with E-state index in [0.717, 1.165) is 51.1 Å². The fourth-order valence-electron chi connectivity index (χ4n) is 4.63. The molecule has 0 spiro atoms. The Hall–Kier alpha value is -1.39. The fraction of sp³-hybridized carbons (Fsp3) is 0.480. The normalized spacial score (nSPS) is 17.2. The highest BCUT2D eigenvalue weighted by atomic mass is 35.5. The van der Waals surface area contributed by atoms with E-state index in [4.69, 9.17) is 0 Å².